The van der Waals surface area contributed by atoms with Crippen LogP contribution in [-0.4, -0.2) is 24.8 Å². The number of halogens is 1. The minimum absolute atomic E-state index is 0.124. The molecule has 9 heteroatoms. The summed E-state index contributed by atoms with van der Waals surface area (Å²) in [6.07, 6.45) is 0. The molecule has 40 heavy (non-hydrogen) atoms. The number of hydrogen-bond donors (Lipinski definition) is 2. The maximum absolute atomic E-state index is 13.5. The number of methoxy groups -OCH3 is 1. The smallest absolute Gasteiger partial charge is 0.283 e. The first kappa shape index (κ1) is 26.7. The van der Waals surface area contributed by atoms with E-state index in [9.17, 15) is 18.8 Å². The monoisotopic (exact) mass is 553 g/mol. The van der Waals surface area contributed by atoms with Crippen LogP contribution in [0.5, 0.6) is 5.75 Å². The van der Waals surface area contributed by atoms with Crippen molar-refractivity contribution in [3.05, 3.63) is 125 Å². The van der Waals surface area contributed by atoms with Crippen molar-refractivity contribution in [2.24, 2.45) is 0 Å². The lowest BCUT2D eigenvalue weighted by atomic mass is 10.2. The zero-order valence-corrected chi connectivity index (χ0v) is 22.4. The molecule has 0 fully saturated rings. The minimum atomic E-state index is -0.540. The normalized spacial score (nSPS) is 13.0. The molecule has 0 aromatic heterocycles. The zero-order chi connectivity index (χ0) is 28.2. The molecule has 0 radical (unpaired) electrons. The highest BCUT2D eigenvalue weighted by Gasteiger charge is 2.40. The Bertz CT molecular complexity index is 1620. The Balaban J connectivity index is 1.39. The maximum atomic E-state index is 13.5. The highest BCUT2D eigenvalue weighted by Crippen LogP contribution is 2.38. The van der Waals surface area contributed by atoms with E-state index in [2.05, 4.69) is 10.6 Å². The Labute approximate surface area is 234 Å². The second-order valence-electron chi connectivity index (χ2n) is 8.93. The van der Waals surface area contributed by atoms with E-state index in [-0.39, 0.29) is 22.2 Å². The molecule has 4 aromatic carbocycles. The van der Waals surface area contributed by atoms with Gasteiger partial charge >= 0.3 is 0 Å². The third kappa shape index (κ3) is 5.74. The van der Waals surface area contributed by atoms with Crippen molar-refractivity contribution in [3.63, 3.8) is 0 Å². The summed E-state index contributed by atoms with van der Waals surface area (Å²) in [7, 11) is 1.53. The number of imide groups is 1. The number of nitrogens with zero attached hydrogens (tertiary/aromatic N) is 1. The van der Waals surface area contributed by atoms with Gasteiger partial charge in [0, 0.05) is 21.8 Å². The third-order valence-corrected chi connectivity index (χ3v) is 7.20. The van der Waals surface area contributed by atoms with Crippen LogP contribution < -0.4 is 20.3 Å². The molecule has 0 saturated carbocycles. The summed E-state index contributed by atoms with van der Waals surface area (Å²) >= 11 is 1.13. The van der Waals surface area contributed by atoms with Gasteiger partial charge in [-0.2, -0.15) is 0 Å². The standard InChI is InChI=1S/C31H24FN3O4S/c1-19-6-10-22(11-7-19)33-27-28(31(38)35(30(27)37)24-14-8-21(32)9-15-24)40-26-16-12-23(13-17-26)34-29(36)20-4-3-5-25(18-20)39-2/h3-18,33H,1-2H3,(H,34,36). The number of ether oxygens (including phenoxy) is 1. The van der Waals surface area contributed by atoms with Gasteiger partial charge in [0.25, 0.3) is 17.7 Å². The van der Waals surface area contributed by atoms with Gasteiger partial charge in [-0.3, -0.25) is 14.4 Å². The predicted molar refractivity (Wildman–Crippen MR) is 154 cm³/mol. The van der Waals surface area contributed by atoms with Crippen molar-refractivity contribution >= 4 is 46.5 Å². The van der Waals surface area contributed by atoms with Gasteiger partial charge in [0.05, 0.1) is 12.8 Å². The van der Waals surface area contributed by atoms with Crippen LogP contribution >= 0.6 is 11.8 Å². The van der Waals surface area contributed by atoms with Crippen molar-refractivity contribution in [2.45, 2.75) is 11.8 Å². The first-order chi connectivity index (χ1) is 19.3. The molecular weight excluding hydrogens is 529 g/mol. The summed E-state index contributed by atoms with van der Waals surface area (Å²) in [5, 5.41) is 5.94. The quantitative estimate of drug-likeness (QED) is 0.246. The van der Waals surface area contributed by atoms with Crippen molar-refractivity contribution < 1.29 is 23.5 Å². The molecule has 0 atom stereocenters. The van der Waals surface area contributed by atoms with E-state index in [1.54, 1.807) is 48.5 Å². The van der Waals surface area contributed by atoms with E-state index >= 15 is 0 Å². The number of amides is 3. The third-order valence-electron chi connectivity index (χ3n) is 6.11. The van der Waals surface area contributed by atoms with E-state index in [0.717, 1.165) is 22.2 Å². The average molecular weight is 554 g/mol. The van der Waals surface area contributed by atoms with Crippen molar-refractivity contribution in [1.82, 2.24) is 0 Å². The molecule has 1 heterocycles. The Hall–Kier alpha value is -4.89. The van der Waals surface area contributed by atoms with E-state index in [1.807, 2.05) is 31.2 Å². The van der Waals surface area contributed by atoms with Crippen LogP contribution in [0.4, 0.5) is 21.5 Å². The number of thioether (sulfide) groups is 1. The number of aryl methyl sites for hydroxylation is 1. The molecule has 2 N–H and O–H groups in total. The van der Waals surface area contributed by atoms with Gasteiger partial charge in [-0.25, -0.2) is 9.29 Å². The largest absolute Gasteiger partial charge is 0.497 e. The number of rotatable bonds is 8. The van der Waals surface area contributed by atoms with Gasteiger partial charge in [-0.1, -0.05) is 35.5 Å². The minimum Gasteiger partial charge on any atom is -0.497 e. The van der Waals surface area contributed by atoms with Crippen LogP contribution in [0.3, 0.4) is 0 Å². The fraction of sp³-hybridized carbons (Fsp3) is 0.0645. The van der Waals surface area contributed by atoms with E-state index in [0.29, 0.717) is 27.6 Å². The van der Waals surface area contributed by atoms with Crippen LogP contribution in [0.15, 0.2) is 113 Å². The summed E-state index contributed by atoms with van der Waals surface area (Å²) in [6.45, 7) is 1.95. The number of carbonyl (C=O) groups excluding carboxylic acids is 3. The molecule has 4 aromatic rings. The number of anilines is 3. The molecular formula is C31H24FN3O4S. The molecule has 7 nitrogen and oxygen atoms in total. The molecule has 0 unspecified atom stereocenters. The predicted octanol–water partition coefficient (Wildman–Crippen LogP) is 6.38. The second-order valence-corrected chi connectivity index (χ2v) is 10.0. The van der Waals surface area contributed by atoms with Gasteiger partial charge in [0.1, 0.15) is 22.2 Å². The molecule has 0 saturated heterocycles. The van der Waals surface area contributed by atoms with E-state index < -0.39 is 17.6 Å². The number of benzene rings is 4. The second kappa shape index (κ2) is 11.5. The molecule has 1 aliphatic rings. The molecule has 200 valence electrons. The topological polar surface area (TPSA) is 87.7 Å². The zero-order valence-electron chi connectivity index (χ0n) is 21.6. The Morgan fingerprint density at radius 1 is 0.850 bits per heavy atom. The van der Waals surface area contributed by atoms with Gasteiger partial charge in [-0.05, 0) is 85.8 Å². The SMILES string of the molecule is COc1cccc(C(=O)Nc2ccc(SC3=C(Nc4ccc(C)cc4)C(=O)N(c4ccc(F)cc4)C3=O)cc2)c1. The van der Waals surface area contributed by atoms with Gasteiger partial charge in [-0.15, -0.1) is 0 Å². The van der Waals surface area contributed by atoms with Crippen molar-refractivity contribution in [3.8, 4) is 5.75 Å². The Kier molecular flexibility index (Phi) is 7.65. The fourth-order valence-corrected chi connectivity index (χ4v) is 4.94. The van der Waals surface area contributed by atoms with E-state index in [4.69, 9.17) is 4.74 Å². The molecule has 1 aliphatic heterocycles. The van der Waals surface area contributed by atoms with Crippen LogP contribution in [-0.2, 0) is 9.59 Å². The number of nitrogens with one attached hydrogen (secondary N) is 2. The lowest BCUT2D eigenvalue weighted by Gasteiger charge is -2.15. The highest BCUT2D eigenvalue weighted by molar-refractivity contribution is 8.04. The van der Waals surface area contributed by atoms with Gasteiger partial charge < -0.3 is 15.4 Å². The Morgan fingerprint density at radius 2 is 1.52 bits per heavy atom. The maximum Gasteiger partial charge on any atom is 0.283 e. The number of carbonyl (C=O) groups is 3. The molecule has 0 aliphatic carbocycles. The molecule has 0 spiro atoms. The highest BCUT2D eigenvalue weighted by atomic mass is 32.2. The molecule has 5 rings (SSSR count). The van der Waals surface area contributed by atoms with Crippen LogP contribution in [0.25, 0.3) is 0 Å². The van der Waals surface area contributed by atoms with E-state index in [1.165, 1.54) is 31.4 Å². The summed E-state index contributed by atoms with van der Waals surface area (Å²) in [5.74, 6) is -1.25. The lowest BCUT2D eigenvalue weighted by molar-refractivity contribution is -0.120. The Morgan fingerprint density at radius 3 is 2.20 bits per heavy atom. The summed E-state index contributed by atoms with van der Waals surface area (Å²) in [6, 6.07) is 26.4. The molecule has 0 bridgehead atoms. The van der Waals surface area contributed by atoms with Crippen LogP contribution in [0, 0.1) is 12.7 Å². The molecule has 3 amide bonds. The number of hydrogen-bond acceptors (Lipinski definition) is 6. The van der Waals surface area contributed by atoms with Crippen molar-refractivity contribution in [2.75, 3.05) is 22.6 Å². The van der Waals surface area contributed by atoms with Gasteiger partial charge in [0.2, 0.25) is 0 Å². The summed E-state index contributed by atoms with van der Waals surface area (Å²) in [5.41, 5.74) is 3.10. The van der Waals surface area contributed by atoms with Crippen LogP contribution in [0.1, 0.15) is 15.9 Å². The van der Waals surface area contributed by atoms with Crippen LogP contribution in [0.2, 0.25) is 0 Å². The fourth-order valence-electron chi connectivity index (χ4n) is 4.01. The first-order valence-electron chi connectivity index (χ1n) is 12.3. The lowest BCUT2D eigenvalue weighted by Crippen LogP contribution is -2.32. The van der Waals surface area contributed by atoms with Gasteiger partial charge in [0.15, 0.2) is 0 Å². The average Bonchev–Trinajstić information content (AvgIpc) is 3.19. The first-order valence-corrected chi connectivity index (χ1v) is 13.1. The summed E-state index contributed by atoms with van der Waals surface area (Å²) < 4.78 is 18.7. The van der Waals surface area contributed by atoms with Crippen molar-refractivity contribution in [1.29, 1.82) is 0 Å². The summed E-state index contributed by atoms with van der Waals surface area (Å²) in [4.78, 5) is 41.5.